The summed E-state index contributed by atoms with van der Waals surface area (Å²) in [6, 6.07) is 0. The minimum atomic E-state index is -0.393. The van der Waals surface area contributed by atoms with Gasteiger partial charge in [0.25, 0.3) is 0 Å². The van der Waals surface area contributed by atoms with Crippen molar-refractivity contribution in [2.45, 2.75) is 25.7 Å². The van der Waals surface area contributed by atoms with E-state index in [0.717, 1.165) is 10.8 Å². The minimum absolute atomic E-state index is 0.319. The first-order valence-corrected chi connectivity index (χ1v) is 6.83. The van der Waals surface area contributed by atoms with Gasteiger partial charge in [-0.25, -0.2) is 14.8 Å². The number of nitrogens with zero attached hydrogens (tertiary/aromatic N) is 3. The van der Waals surface area contributed by atoms with E-state index in [4.69, 9.17) is 4.74 Å². The Morgan fingerprint density at radius 3 is 3.17 bits per heavy atom. The molecule has 2 heterocycles. The highest BCUT2D eigenvalue weighted by Crippen LogP contribution is 2.40. The van der Waals surface area contributed by atoms with Crippen LogP contribution in [0, 0.1) is 0 Å². The second-order valence-corrected chi connectivity index (χ2v) is 5.05. The van der Waals surface area contributed by atoms with Crippen LogP contribution in [-0.2, 0) is 4.74 Å². The summed E-state index contributed by atoms with van der Waals surface area (Å²) in [5.74, 6) is 0.248. The van der Waals surface area contributed by atoms with Gasteiger partial charge in [-0.1, -0.05) is 0 Å². The summed E-state index contributed by atoms with van der Waals surface area (Å²) in [6.45, 7) is 2.13. The van der Waals surface area contributed by atoms with E-state index in [1.807, 2.05) is 0 Å². The van der Waals surface area contributed by atoms with Gasteiger partial charge >= 0.3 is 5.97 Å². The van der Waals surface area contributed by atoms with Crippen LogP contribution in [-0.4, -0.2) is 27.1 Å². The van der Waals surface area contributed by atoms with Gasteiger partial charge in [-0.2, -0.15) is 0 Å². The smallest absolute Gasteiger partial charge is 0.358 e. The zero-order chi connectivity index (χ0) is 12.5. The number of imidazole rings is 1. The van der Waals surface area contributed by atoms with Gasteiger partial charge in [0.15, 0.2) is 10.8 Å². The highest BCUT2D eigenvalue weighted by atomic mass is 32.1. The normalized spacial score (nSPS) is 14.7. The summed E-state index contributed by atoms with van der Waals surface area (Å²) in [4.78, 5) is 20.1. The van der Waals surface area contributed by atoms with Gasteiger partial charge in [-0.05, 0) is 19.8 Å². The molecule has 1 aliphatic rings. The quantitative estimate of drug-likeness (QED) is 0.795. The lowest BCUT2D eigenvalue weighted by Crippen LogP contribution is -2.04. The van der Waals surface area contributed by atoms with Crippen LogP contribution in [0.5, 0.6) is 0 Å². The molecule has 94 valence electrons. The number of carbonyl (C=O) groups is 1. The fraction of sp³-hybridized carbons (Fsp3) is 0.417. The van der Waals surface area contributed by atoms with Crippen LogP contribution in [0.3, 0.4) is 0 Å². The number of ether oxygens (including phenoxy) is 1. The molecule has 0 aliphatic heterocycles. The second-order valence-electron chi connectivity index (χ2n) is 4.22. The molecule has 2 aromatic heterocycles. The number of hydrogen-bond acceptors (Lipinski definition) is 5. The molecule has 0 unspecified atom stereocenters. The number of rotatable bonds is 4. The van der Waals surface area contributed by atoms with Crippen molar-refractivity contribution in [3.8, 4) is 5.13 Å². The molecular formula is C12H13N3O2S. The Morgan fingerprint density at radius 2 is 2.44 bits per heavy atom. The number of thiazole rings is 1. The zero-order valence-electron chi connectivity index (χ0n) is 10.00. The van der Waals surface area contributed by atoms with Gasteiger partial charge in [0, 0.05) is 17.5 Å². The fourth-order valence-electron chi connectivity index (χ4n) is 1.70. The maximum atomic E-state index is 11.5. The third-order valence-electron chi connectivity index (χ3n) is 2.79. The average molecular weight is 263 g/mol. The summed E-state index contributed by atoms with van der Waals surface area (Å²) in [7, 11) is 0. The first-order valence-electron chi connectivity index (χ1n) is 5.95. The molecule has 0 saturated heterocycles. The summed E-state index contributed by atoms with van der Waals surface area (Å²) in [5, 5.41) is 2.93. The van der Waals surface area contributed by atoms with Gasteiger partial charge in [0.05, 0.1) is 12.3 Å². The standard InChI is InChI=1S/C12H13N3O2S/c1-2-17-11(16)9-5-15(7-13-9)12-14-10(6-18-12)8-3-4-8/h5-8H,2-4H2,1H3. The topological polar surface area (TPSA) is 57.0 Å². The third kappa shape index (κ3) is 2.15. The van der Waals surface area contributed by atoms with E-state index in [9.17, 15) is 4.79 Å². The van der Waals surface area contributed by atoms with E-state index in [2.05, 4.69) is 15.3 Å². The monoisotopic (exact) mass is 263 g/mol. The van der Waals surface area contributed by atoms with Crippen molar-refractivity contribution < 1.29 is 9.53 Å². The molecule has 0 radical (unpaired) electrons. The largest absolute Gasteiger partial charge is 0.461 e. The van der Waals surface area contributed by atoms with Crippen molar-refractivity contribution in [1.82, 2.24) is 14.5 Å². The van der Waals surface area contributed by atoms with Crippen molar-refractivity contribution in [2.24, 2.45) is 0 Å². The van der Waals surface area contributed by atoms with E-state index in [0.29, 0.717) is 18.2 Å². The van der Waals surface area contributed by atoms with E-state index >= 15 is 0 Å². The Hall–Kier alpha value is -1.69. The highest BCUT2D eigenvalue weighted by Gasteiger charge is 2.26. The van der Waals surface area contributed by atoms with E-state index in [1.54, 1.807) is 35.4 Å². The van der Waals surface area contributed by atoms with E-state index in [1.165, 1.54) is 12.8 Å². The molecule has 0 amide bonds. The maximum Gasteiger partial charge on any atom is 0.358 e. The Labute approximate surface area is 108 Å². The Kier molecular flexibility index (Phi) is 2.87. The molecule has 0 aromatic carbocycles. The van der Waals surface area contributed by atoms with E-state index in [-0.39, 0.29) is 0 Å². The van der Waals surface area contributed by atoms with Gasteiger partial charge < -0.3 is 4.74 Å². The summed E-state index contributed by atoms with van der Waals surface area (Å²) < 4.78 is 6.67. The van der Waals surface area contributed by atoms with Crippen LogP contribution < -0.4 is 0 Å². The molecule has 5 nitrogen and oxygen atoms in total. The van der Waals surface area contributed by atoms with Gasteiger partial charge in [0.2, 0.25) is 0 Å². The number of hydrogen-bond donors (Lipinski definition) is 0. The summed E-state index contributed by atoms with van der Waals surface area (Å²) in [6.07, 6.45) is 5.73. The second kappa shape index (κ2) is 4.53. The minimum Gasteiger partial charge on any atom is -0.461 e. The first kappa shape index (κ1) is 11.4. The van der Waals surface area contributed by atoms with Crippen molar-refractivity contribution in [3.05, 3.63) is 29.3 Å². The lowest BCUT2D eigenvalue weighted by atomic mass is 10.3. The lowest BCUT2D eigenvalue weighted by molar-refractivity contribution is 0.0520. The van der Waals surface area contributed by atoms with Crippen molar-refractivity contribution >= 4 is 17.3 Å². The SMILES string of the molecule is CCOC(=O)c1cn(-c2nc(C3CC3)cs2)cn1. The number of aromatic nitrogens is 3. The Morgan fingerprint density at radius 1 is 1.61 bits per heavy atom. The van der Waals surface area contributed by atoms with Crippen molar-refractivity contribution in [3.63, 3.8) is 0 Å². The first-order chi connectivity index (χ1) is 8.78. The van der Waals surface area contributed by atoms with Gasteiger partial charge in [0.1, 0.15) is 6.33 Å². The lowest BCUT2D eigenvalue weighted by Gasteiger charge is -1.96. The summed E-state index contributed by atoms with van der Waals surface area (Å²) in [5.41, 5.74) is 1.47. The zero-order valence-corrected chi connectivity index (χ0v) is 10.8. The van der Waals surface area contributed by atoms with Crippen LogP contribution in [0.15, 0.2) is 17.9 Å². The molecule has 2 aromatic rings. The molecular weight excluding hydrogens is 250 g/mol. The fourth-order valence-corrected chi connectivity index (χ4v) is 2.55. The maximum absolute atomic E-state index is 11.5. The molecule has 0 spiro atoms. The molecule has 0 bridgehead atoms. The number of esters is 1. The van der Waals surface area contributed by atoms with Crippen molar-refractivity contribution in [2.75, 3.05) is 6.61 Å². The molecule has 6 heteroatoms. The Bertz CT molecular complexity index is 571. The highest BCUT2D eigenvalue weighted by molar-refractivity contribution is 7.12. The average Bonchev–Trinajstić information content (AvgIpc) is 2.93. The van der Waals surface area contributed by atoms with Crippen LogP contribution in [0.4, 0.5) is 0 Å². The molecule has 0 N–H and O–H groups in total. The van der Waals surface area contributed by atoms with E-state index < -0.39 is 5.97 Å². The Balaban J connectivity index is 1.80. The molecule has 1 saturated carbocycles. The van der Waals surface area contributed by atoms with Crippen molar-refractivity contribution in [1.29, 1.82) is 0 Å². The number of carbonyl (C=O) groups excluding carboxylic acids is 1. The van der Waals surface area contributed by atoms with Crippen LogP contribution in [0.2, 0.25) is 0 Å². The molecule has 3 rings (SSSR count). The molecule has 18 heavy (non-hydrogen) atoms. The van der Waals surface area contributed by atoms with Crippen LogP contribution in [0.1, 0.15) is 41.9 Å². The predicted octanol–water partition coefficient (Wildman–Crippen LogP) is 2.38. The third-order valence-corrected chi connectivity index (χ3v) is 3.67. The van der Waals surface area contributed by atoms with Crippen LogP contribution >= 0.6 is 11.3 Å². The summed E-state index contributed by atoms with van der Waals surface area (Å²) >= 11 is 1.57. The predicted molar refractivity (Wildman–Crippen MR) is 67.2 cm³/mol. The van der Waals surface area contributed by atoms with Crippen LogP contribution in [0.25, 0.3) is 5.13 Å². The molecule has 1 fully saturated rings. The van der Waals surface area contributed by atoms with Gasteiger partial charge in [-0.15, -0.1) is 11.3 Å². The molecule has 1 aliphatic carbocycles. The molecule has 0 atom stereocenters. The van der Waals surface area contributed by atoms with Gasteiger partial charge in [-0.3, -0.25) is 4.57 Å².